The lowest BCUT2D eigenvalue weighted by atomic mass is 10.0. The summed E-state index contributed by atoms with van der Waals surface area (Å²) in [5.41, 5.74) is 2.70. The first-order valence-corrected chi connectivity index (χ1v) is 11.3. The molecule has 3 atom stereocenters. The van der Waals surface area contributed by atoms with Crippen molar-refractivity contribution < 1.29 is 4.79 Å². The molecule has 2 aromatic carbocycles. The van der Waals surface area contributed by atoms with Gasteiger partial charge < -0.3 is 10.2 Å². The van der Waals surface area contributed by atoms with Crippen LogP contribution in [0.25, 0.3) is 11.1 Å². The van der Waals surface area contributed by atoms with Gasteiger partial charge in [-0.1, -0.05) is 42.1 Å². The fourth-order valence-corrected chi connectivity index (χ4v) is 5.61. The summed E-state index contributed by atoms with van der Waals surface area (Å²) < 4.78 is 0. The molecule has 2 bridgehead atoms. The van der Waals surface area contributed by atoms with E-state index < -0.39 is 0 Å². The van der Waals surface area contributed by atoms with Crippen LogP contribution >= 0.6 is 11.8 Å². The maximum absolute atomic E-state index is 12.8. The standard InChI is InChI=1S/C25H22N4OS/c26-16-29-15-17-12-22(23(29)13-17)28-25(30)19-8-6-18(7-9-19)21-14-27-11-10-24(21)31-20-4-2-1-3-5-20/h1-11,14,17,22-23H,12-13,15H2,(H,28,30). The summed E-state index contributed by atoms with van der Waals surface area (Å²) >= 11 is 1.70. The fourth-order valence-electron chi connectivity index (χ4n) is 4.65. The van der Waals surface area contributed by atoms with E-state index in [0.29, 0.717) is 11.5 Å². The van der Waals surface area contributed by atoms with Crippen molar-refractivity contribution in [3.8, 4) is 17.3 Å². The second kappa shape index (κ2) is 8.44. The van der Waals surface area contributed by atoms with Crippen LogP contribution in [-0.2, 0) is 0 Å². The SMILES string of the molecule is N#CN1CC2CC(NC(=O)c3ccc(-c4cnccc4Sc4ccccc4)cc3)C1C2. The average molecular weight is 427 g/mol. The van der Waals surface area contributed by atoms with E-state index in [4.69, 9.17) is 0 Å². The van der Waals surface area contributed by atoms with Crippen molar-refractivity contribution in [1.82, 2.24) is 15.2 Å². The predicted octanol–water partition coefficient (Wildman–Crippen LogP) is 4.57. The van der Waals surface area contributed by atoms with Gasteiger partial charge in [-0.3, -0.25) is 9.78 Å². The highest BCUT2D eigenvalue weighted by Gasteiger charge is 2.45. The lowest BCUT2D eigenvalue weighted by molar-refractivity contribution is 0.0912. The van der Waals surface area contributed by atoms with E-state index in [1.54, 1.807) is 18.0 Å². The van der Waals surface area contributed by atoms with Crippen molar-refractivity contribution in [1.29, 1.82) is 5.26 Å². The Morgan fingerprint density at radius 1 is 1.10 bits per heavy atom. The third-order valence-electron chi connectivity index (χ3n) is 6.14. The summed E-state index contributed by atoms with van der Waals surface area (Å²) in [4.78, 5) is 21.2. The number of rotatable bonds is 5. The maximum Gasteiger partial charge on any atom is 0.251 e. The molecule has 2 aliphatic rings. The van der Waals surface area contributed by atoms with Gasteiger partial charge in [0.1, 0.15) is 0 Å². The van der Waals surface area contributed by atoms with Crippen LogP contribution in [0.4, 0.5) is 0 Å². The van der Waals surface area contributed by atoms with Gasteiger partial charge in [-0.25, -0.2) is 0 Å². The van der Waals surface area contributed by atoms with Gasteiger partial charge in [-0.2, -0.15) is 5.26 Å². The third kappa shape index (κ3) is 4.01. The smallest absolute Gasteiger partial charge is 0.251 e. The number of fused-ring (bicyclic) bond motifs is 2. The first-order valence-electron chi connectivity index (χ1n) is 10.5. The Morgan fingerprint density at radius 2 is 1.90 bits per heavy atom. The Hall–Kier alpha value is -3.30. The average Bonchev–Trinajstić information content (AvgIpc) is 3.40. The first-order chi connectivity index (χ1) is 15.2. The second-order valence-electron chi connectivity index (χ2n) is 8.10. The highest BCUT2D eigenvalue weighted by atomic mass is 32.2. The van der Waals surface area contributed by atoms with E-state index in [1.165, 1.54) is 4.90 Å². The molecular formula is C25H22N4OS. The molecule has 1 saturated carbocycles. The van der Waals surface area contributed by atoms with Crippen LogP contribution in [0, 0.1) is 17.4 Å². The zero-order chi connectivity index (χ0) is 21.2. The monoisotopic (exact) mass is 426 g/mol. The van der Waals surface area contributed by atoms with E-state index >= 15 is 0 Å². The molecule has 31 heavy (non-hydrogen) atoms. The van der Waals surface area contributed by atoms with Crippen LogP contribution in [0.15, 0.2) is 82.8 Å². The Labute approximate surface area is 186 Å². The Bertz CT molecular complexity index is 1130. The highest BCUT2D eigenvalue weighted by Crippen LogP contribution is 2.38. The second-order valence-corrected chi connectivity index (χ2v) is 9.22. The number of benzene rings is 2. The maximum atomic E-state index is 12.8. The number of hydrogen-bond donors (Lipinski definition) is 1. The van der Waals surface area contributed by atoms with Crippen molar-refractivity contribution in [2.45, 2.75) is 34.7 Å². The summed E-state index contributed by atoms with van der Waals surface area (Å²) in [6.45, 7) is 0.830. The summed E-state index contributed by atoms with van der Waals surface area (Å²) in [6.07, 6.45) is 7.89. The molecular weight excluding hydrogens is 404 g/mol. The number of likely N-dealkylation sites (tertiary alicyclic amines) is 1. The van der Waals surface area contributed by atoms with Crippen LogP contribution in [0.2, 0.25) is 0 Å². The molecule has 2 fully saturated rings. The molecule has 3 aromatic rings. The van der Waals surface area contributed by atoms with Crippen molar-refractivity contribution in [2.75, 3.05) is 6.54 Å². The van der Waals surface area contributed by atoms with E-state index in [1.807, 2.05) is 59.6 Å². The summed E-state index contributed by atoms with van der Waals surface area (Å²) in [5, 5.41) is 12.4. The van der Waals surface area contributed by atoms with Crippen LogP contribution in [0.5, 0.6) is 0 Å². The zero-order valence-electron chi connectivity index (χ0n) is 16.9. The Kier molecular flexibility index (Phi) is 5.35. The Balaban J connectivity index is 1.31. The number of nitriles is 1. The minimum absolute atomic E-state index is 0.0535. The molecule has 0 radical (unpaired) electrons. The number of nitrogens with zero attached hydrogens (tertiary/aromatic N) is 3. The minimum atomic E-state index is -0.0768. The molecule has 5 rings (SSSR count). The van der Waals surface area contributed by atoms with Crippen LogP contribution in [-0.4, -0.2) is 34.4 Å². The van der Waals surface area contributed by atoms with Gasteiger partial charge in [0.15, 0.2) is 6.19 Å². The number of carbonyl (C=O) groups is 1. The molecule has 6 heteroatoms. The predicted molar refractivity (Wildman–Crippen MR) is 120 cm³/mol. The Morgan fingerprint density at radius 3 is 2.65 bits per heavy atom. The van der Waals surface area contributed by atoms with E-state index in [0.717, 1.165) is 35.4 Å². The van der Waals surface area contributed by atoms with E-state index in [9.17, 15) is 10.1 Å². The largest absolute Gasteiger partial charge is 0.347 e. The fraction of sp³-hybridized carbons (Fsp3) is 0.240. The van der Waals surface area contributed by atoms with Gasteiger partial charge in [0.2, 0.25) is 0 Å². The molecule has 1 amide bonds. The molecule has 5 nitrogen and oxygen atoms in total. The van der Waals surface area contributed by atoms with Gasteiger partial charge >= 0.3 is 0 Å². The topological polar surface area (TPSA) is 69.0 Å². The normalized spacial score (nSPS) is 21.6. The summed E-state index contributed by atoms with van der Waals surface area (Å²) in [7, 11) is 0. The minimum Gasteiger partial charge on any atom is -0.347 e. The number of aromatic nitrogens is 1. The highest BCUT2D eigenvalue weighted by molar-refractivity contribution is 7.99. The molecule has 1 N–H and O–H groups in total. The third-order valence-corrected chi connectivity index (χ3v) is 7.22. The molecule has 154 valence electrons. The molecule has 2 heterocycles. The van der Waals surface area contributed by atoms with Gasteiger partial charge in [-0.15, -0.1) is 0 Å². The summed E-state index contributed by atoms with van der Waals surface area (Å²) in [5.74, 6) is 0.440. The zero-order valence-corrected chi connectivity index (χ0v) is 17.8. The lowest BCUT2D eigenvalue weighted by Gasteiger charge is -2.29. The molecule has 1 aliphatic heterocycles. The number of hydrogen-bond acceptors (Lipinski definition) is 5. The van der Waals surface area contributed by atoms with Crippen molar-refractivity contribution >= 4 is 17.7 Å². The molecule has 0 spiro atoms. The van der Waals surface area contributed by atoms with Gasteiger partial charge in [-0.05, 0) is 54.7 Å². The van der Waals surface area contributed by atoms with Gasteiger partial charge in [0, 0.05) is 39.9 Å². The van der Waals surface area contributed by atoms with Crippen LogP contribution < -0.4 is 5.32 Å². The summed E-state index contributed by atoms with van der Waals surface area (Å²) in [6, 6.07) is 20.1. The van der Waals surface area contributed by atoms with E-state index in [-0.39, 0.29) is 18.0 Å². The lowest BCUT2D eigenvalue weighted by Crippen LogP contribution is -2.48. The number of nitrogens with one attached hydrogen (secondary N) is 1. The van der Waals surface area contributed by atoms with Crippen molar-refractivity contribution in [3.63, 3.8) is 0 Å². The number of carbonyl (C=O) groups excluding carboxylic acids is 1. The van der Waals surface area contributed by atoms with E-state index in [2.05, 4.69) is 28.6 Å². The number of amides is 1. The van der Waals surface area contributed by atoms with Crippen LogP contribution in [0.1, 0.15) is 23.2 Å². The number of piperidine rings is 1. The molecule has 1 saturated heterocycles. The number of pyridine rings is 1. The molecule has 1 aliphatic carbocycles. The van der Waals surface area contributed by atoms with Gasteiger partial charge in [0.05, 0.1) is 12.1 Å². The molecule has 1 aromatic heterocycles. The van der Waals surface area contributed by atoms with Crippen LogP contribution in [0.3, 0.4) is 0 Å². The quantitative estimate of drug-likeness (QED) is 0.605. The molecule has 3 unspecified atom stereocenters. The van der Waals surface area contributed by atoms with Crippen molar-refractivity contribution in [2.24, 2.45) is 5.92 Å². The first kappa shape index (κ1) is 19.7. The van der Waals surface area contributed by atoms with Crippen molar-refractivity contribution in [3.05, 3.63) is 78.6 Å². The van der Waals surface area contributed by atoms with Gasteiger partial charge in [0.25, 0.3) is 5.91 Å².